The number of amides is 1. The van der Waals surface area contributed by atoms with Crippen LogP contribution in [0, 0.1) is 16.7 Å². The van der Waals surface area contributed by atoms with Crippen LogP contribution in [-0.2, 0) is 16.0 Å². The molecule has 9 heteroatoms. The smallest absolute Gasteiger partial charge is 0.347 e. The zero-order chi connectivity index (χ0) is 20.1. The maximum Gasteiger partial charge on any atom is 0.416 e. The number of sulfone groups is 1. The van der Waals surface area contributed by atoms with Crippen molar-refractivity contribution in [2.24, 2.45) is 5.41 Å². The summed E-state index contributed by atoms with van der Waals surface area (Å²) in [6, 6.07) is 4.49. The van der Waals surface area contributed by atoms with Crippen molar-refractivity contribution in [2.75, 3.05) is 6.26 Å². The SMILES string of the molecule is CS(=O)(=O)c1cc(C(F)(F)F)ccc1C(=O)NC12CCC(C#N)(CC1)CC2. The first-order valence-electron chi connectivity index (χ1n) is 8.55. The fourth-order valence-corrected chi connectivity index (χ4v) is 4.94. The third kappa shape index (κ3) is 3.68. The number of alkyl halides is 3. The van der Waals surface area contributed by atoms with Crippen LogP contribution in [0.4, 0.5) is 13.2 Å². The number of carbonyl (C=O) groups is 1. The molecule has 3 fully saturated rings. The number of halogens is 3. The molecule has 1 aromatic rings. The van der Waals surface area contributed by atoms with Gasteiger partial charge in [-0.2, -0.15) is 18.4 Å². The van der Waals surface area contributed by atoms with Gasteiger partial charge < -0.3 is 5.32 Å². The van der Waals surface area contributed by atoms with Gasteiger partial charge in [0.1, 0.15) is 0 Å². The number of nitrogens with one attached hydrogen (secondary N) is 1. The summed E-state index contributed by atoms with van der Waals surface area (Å²) in [6.07, 6.45) is -0.189. The molecule has 0 aromatic heterocycles. The Balaban J connectivity index is 1.91. The minimum Gasteiger partial charge on any atom is -0.347 e. The third-order valence-electron chi connectivity index (χ3n) is 5.82. The molecule has 0 unspecified atom stereocenters. The largest absolute Gasteiger partial charge is 0.416 e. The molecule has 3 aliphatic carbocycles. The van der Waals surface area contributed by atoms with Crippen molar-refractivity contribution in [1.82, 2.24) is 5.32 Å². The monoisotopic (exact) mass is 400 g/mol. The first-order chi connectivity index (χ1) is 12.4. The van der Waals surface area contributed by atoms with E-state index in [1.54, 1.807) is 0 Å². The van der Waals surface area contributed by atoms with Gasteiger partial charge in [-0.05, 0) is 56.7 Å². The Morgan fingerprint density at radius 2 is 1.70 bits per heavy atom. The number of fused-ring (bicyclic) bond motifs is 3. The minimum atomic E-state index is -4.71. The lowest BCUT2D eigenvalue weighted by molar-refractivity contribution is -0.137. The molecule has 146 valence electrons. The maximum atomic E-state index is 12.9. The highest BCUT2D eigenvalue weighted by Gasteiger charge is 2.49. The average molecular weight is 400 g/mol. The van der Waals surface area contributed by atoms with Crippen LogP contribution in [0.2, 0.25) is 0 Å². The van der Waals surface area contributed by atoms with Gasteiger partial charge in [-0.15, -0.1) is 0 Å². The van der Waals surface area contributed by atoms with Crippen LogP contribution in [0.1, 0.15) is 54.4 Å². The molecule has 0 radical (unpaired) electrons. The summed E-state index contributed by atoms with van der Waals surface area (Å²) in [4.78, 5) is 12.1. The van der Waals surface area contributed by atoms with Crippen molar-refractivity contribution in [3.05, 3.63) is 29.3 Å². The first kappa shape index (κ1) is 19.7. The summed E-state index contributed by atoms with van der Waals surface area (Å²) >= 11 is 0. The molecule has 0 aliphatic heterocycles. The fraction of sp³-hybridized carbons (Fsp3) is 0.556. The fourth-order valence-electron chi connectivity index (χ4n) is 4.04. The van der Waals surface area contributed by atoms with E-state index in [-0.39, 0.29) is 11.0 Å². The van der Waals surface area contributed by atoms with Gasteiger partial charge in [0.2, 0.25) is 0 Å². The van der Waals surface area contributed by atoms with E-state index in [0.717, 1.165) is 12.3 Å². The summed E-state index contributed by atoms with van der Waals surface area (Å²) in [5.74, 6) is -0.699. The molecule has 5 nitrogen and oxygen atoms in total. The minimum absolute atomic E-state index is 0.289. The van der Waals surface area contributed by atoms with Crippen LogP contribution in [0.3, 0.4) is 0 Å². The Kier molecular flexibility index (Phi) is 4.54. The van der Waals surface area contributed by atoms with Crippen molar-refractivity contribution < 1.29 is 26.4 Å². The molecule has 3 aliphatic rings. The van der Waals surface area contributed by atoms with Crippen molar-refractivity contribution in [3.8, 4) is 6.07 Å². The number of nitriles is 1. The van der Waals surface area contributed by atoms with E-state index in [1.165, 1.54) is 0 Å². The number of hydrogen-bond donors (Lipinski definition) is 1. The van der Waals surface area contributed by atoms with Crippen molar-refractivity contribution in [3.63, 3.8) is 0 Å². The highest BCUT2D eigenvalue weighted by Crippen LogP contribution is 2.52. The quantitative estimate of drug-likeness (QED) is 0.842. The Morgan fingerprint density at radius 1 is 1.15 bits per heavy atom. The molecular formula is C18H19F3N2O3S. The highest BCUT2D eigenvalue weighted by atomic mass is 32.2. The summed E-state index contributed by atoms with van der Waals surface area (Å²) in [7, 11) is -4.04. The molecule has 1 N–H and O–H groups in total. The Bertz CT molecular complexity index is 908. The van der Waals surface area contributed by atoms with Gasteiger partial charge in [-0.3, -0.25) is 4.79 Å². The van der Waals surface area contributed by atoms with Gasteiger partial charge in [0.25, 0.3) is 5.91 Å². The summed E-state index contributed by atoms with van der Waals surface area (Å²) in [5.41, 5.74) is -2.29. The number of rotatable bonds is 3. The van der Waals surface area contributed by atoms with Crippen LogP contribution in [-0.4, -0.2) is 26.1 Å². The molecule has 0 spiro atoms. The second-order valence-corrected chi connectivity index (χ2v) is 9.59. The topological polar surface area (TPSA) is 87.0 Å². The van der Waals surface area contributed by atoms with Crippen LogP contribution in [0.25, 0.3) is 0 Å². The normalized spacial score (nSPS) is 27.8. The predicted octanol–water partition coefficient (Wildman–Crippen LogP) is 3.46. The molecular weight excluding hydrogens is 381 g/mol. The van der Waals surface area contributed by atoms with E-state index in [4.69, 9.17) is 0 Å². The summed E-state index contributed by atoms with van der Waals surface area (Å²) < 4.78 is 62.8. The van der Waals surface area contributed by atoms with Crippen LogP contribution in [0.5, 0.6) is 0 Å². The van der Waals surface area contributed by atoms with E-state index in [2.05, 4.69) is 11.4 Å². The van der Waals surface area contributed by atoms with E-state index >= 15 is 0 Å². The molecule has 4 rings (SSSR count). The molecule has 0 saturated heterocycles. The Morgan fingerprint density at radius 3 is 2.15 bits per heavy atom. The second-order valence-electron chi connectivity index (χ2n) is 7.61. The number of benzene rings is 1. The van der Waals surface area contributed by atoms with Gasteiger partial charge in [-0.25, -0.2) is 8.42 Å². The number of hydrogen-bond acceptors (Lipinski definition) is 4. The van der Waals surface area contributed by atoms with Gasteiger partial charge in [0, 0.05) is 11.8 Å². The Labute approximate surface area is 155 Å². The second kappa shape index (κ2) is 6.23. The lowest BCUT2D eigenvalue weighted by atomic mass is 9.58. The van der Waals surface area contributed by atoms with Crippen LogP contribution >= 0.6 is 0 Å². The molecule has 1 aromatic carbocycles. The summed E-state index contributed by atoms with van der Waals surface area (Å²) in [6.45, 7) is 0. The number of carbonyl (C=O) groups excluding carboxylic acids is 1. The highest BCUT2D eigenvalue weighted by molar-refractivity contribution is 7.90. The lowest BCUT2D eigenvalue weighted by Gasteiger charge is -2.50. The van der Waals surface area contributed by atoms with Crippen molar-refractivity contribution in [2.45, 2.75) is 55.1 Å². The van der Waals surface area contributed by atoms with Gasteiger partial charge in [0.15, 0.2) is 9.84 Å². The average Bonchev–Trinajstić information content (AvgIpc) is 2.61. The maximum absolute atomic E-state index is 12.9. The molecule has 2 bridgehead atoms. The van der Waals surface area contributed by atoms with Crippen LogP contribution < -0.4 is 5.32 Å². The van der Waals surface area contributed by atoms with Gasteiger partial charge in [0.05, 0.1) is 27.5 Å². The van der Waals surface area contributed by atoms with Crippen molar-refractivity contribution >= 4 is 15.7 Å². The molecule has 0 atom stereocenters. The number of nitrogens with zero attached hydrogens (tertiary/aromatic N) is 1. The summed E-state index contributed by atoms with van der Waals surface area (Å²) in [5, 5.41) is 12.2. The molecule has 3 saturated carbocycles. The van der Waals surface area contributed by atoms with Crippen molar-refractivity contribution in [1.29, 1.82) is 5.26 Å². The third-order valence-corrected chi connectivity index (χ3v) is 6.95. The van der Waals surface area contributed by atoms with Gasteiger partial charge in [-0.1, -0.05) is 0 Å². The van der Waals surface area contributed by atoms with E-state index in [0.29, 0.717) is 50.7 Å². The molecule has 27 heavy (non-hydrogen) atoms. The molecule has 1 amide bonds. The first-order valence-corrected chi connectivity index (χ1v) is 10.4. The Hall–Kier alpha value is -2.08. The zero-order valence-electron chi connectivity index (χ0n) is 14.7. The van der Waals surface area contributed by atoms with Crippen LogP contribution in [0.15, 0.2) is 23.1 Å². The van der Waals surface area contributed by atoms with E-state index < -0.39 is 37.9 Å². The molecule has 0 heterocycles. The van der Waals surface area contributed by atoms with E-state index in [1.807, 2.05) is 0 Å². The van der Waals surface area contributed by atoms with E-state index in [9.17, 15) is 31.6 Å². The lowest BCUT2D eigenvalue weighted by Crippen LogP contribution is -2.56. The predicted molar refractivity (Wildman–Crippen MR) is 90.5 cm³/mol. The standard InChI is InChI=1S/C18H19F3N2O3S/c1-27(25,26)14-10-12(18(19,20)21)2-3-13(14)15(24)23-17-7-4-16(11-22,5-8-17)6-9-17/h2-3,10H,4-9H2,1H3,(H,23,24). The van der Waals surface area contributed by atoms with Gasteiger partial charge >= 0.3 is 6.18 Å². The zero-order valence-corrected chi connectivity index (χ0v) is 15.5.